The number of fused-ring (bicyclic) bond motifs is 5. The van der Waals surface area contributed by atoms with E-state index in [2.05, 4.69) is 34.6 Å². The minimum absolute atomic E-state index is 0. The van der Waals surface area contributed by atoms with Gasteiger partial charge in [-0.3, -0.25) is 4.79 Å². The molecule has 0 aromatic carbocycles. The SMILES string of the molecule is CC(C)CCC[C@@H](C)[C@H]1CC[C@H]2[C@@H]3[C@H](O)C[C@@H]4CC(=O)CC[C@]4(C)[C@H]3CC[C@]12C.O. The van der Waals surface area contributed by atoms with Crippen molar-refractivity contribution in [3.05, 3.63) is 0 Å². The molecule has 0 amide bonds. The van der Waals surface area contributed by atoms with Crippen LogP contribution in [0.1, 0.15) is 105 Å². The molecule has 0 saturated heterocycles. The van der Waals surface area contributed by atoms with Crippen LogP contribution in [0.15, 0.2) is 0 Å². The quantitative estimate of drug-likeness (QED) is 0.608. The number of hydrogen-bond acceptors (Lipinski definition) is 2. The lowest BCUT2D eigenvalue weighted by molar-refractivity contribution is -0.168. The minimum atomic E-state index is -0.177. The van der Waals surface area contributed by atoms with Crippen LogP contribution in [0, 0.1) is 52.3 Å². The van der Waals surface area contributed by atoms with Gasteiger partial charge in [0.15, 0.2) is 0 Å². The zero-order valence-corrected chi connectivity index (χ0v) is 20.3. The zero-order chi connectivity index (χ0) is 21.0. The lowest BCUT2D eigenvalue weighted by atomic mass is 9.44. The highest BCUT2D eigenvalue weighted by atomic mass is 16.3. The minimum Gasteiger partial charge on any atom is -0.412 e. The summed E-state index contributed by atoms with van der Waals surface area (Å²) >= 11 is 0. The summed E-state index contributed by atoms with van der Waals surface area (Å²) in [5.41, 5.74) is 0.715. The lowest BCUT2D eigenvalue weighted by Crippen LogP contribution is -2.58. The Labute approximate surface area is 185 Å². The number of carbonyl (C=O) groups excluding carboxylic acids is 1. The predicted octanol–water partition coefficient (Wildman–Crippen LogP) is 5.82. The third kappa shape index (κ3) is 3.91. The normalized spacial score (nSPS) is 46.6. The van der Waals surface area contributed by atoms with Crippen LogP contribution in [0.2, 0.25) is 0 Å². The molecule has 3 nitrogen and oxygen atoms in total. The van der Waals surface area contributed by atoms with Gasteiger partial charge in [-0.2, -0.15) is 0 Å². The molecule has 0 radical (unpaired) electrons. The molecule has 4 fully saturated rings. The molecule has 174 valence electrons. The summed E-state index contributed by atoms with van der Waals surface area (Å²) in [5.74, 6) is 5.16. The molecule has 3 N–H and O–H groups in total. The van der Waals surface area contributed by atoms with Crippen molar-refractivity contribution in [3.8, 4) is 0 Å². The first-order valence-corrected chi connectivity index (χ1v) is 12.9. The van der Waals surface area contributed by atoms with Crippen LogP contribution in [0.4, 0.5) is 0 Å². The number of hydrogen-bond donors (Lipinski definition) is 1. The van der Waals surface area contributed by atoms with Crippen LogP contribution in [0.25, 0.3) is 0 Å². The van der Waals surface area contributed by atoms with Crippen LogP contribution in [0.5, 0.6) is 0 Å². The predicted molar refractivity (Wildman–Crippen MR) is 123 cm³/mol. The molecule has 4 aliphatic rings. The van der Waals surface area contributed by atoms with Gasteiger partial charge in [-0.25, -0.2) is 0 Å². The highest BCUT2D eigenvalue weighted by Crippen LogP contribution is 2.68. The molecule has 0 aliphatic heterocycles. The molecular weight excluding hydrogens is 372 g/mol. The van der Waals surface area contributed by atoms with Crippen molar-refractivity contribution < 1.29 is 15.4 Å². The fourth-order valence-corrected chi connectivity index (χ4v) is 9.04. The fraction of sp³-hybridized carbons (Fsp3) is 0.963. The van der Waals surface area contributed by atoms with Crippen molar-refractivity contribution in [2.75, 3.05) is 0 Å². The van der Waals surface area contributed by atoms with Gasteiger partial charge < -0.3 is 10.6 Å². The Hall–Kier alpha value is -0.410. The van der Waals surface area contributed by atoms with Crippen LogP contribution >= 0.6 is 0 Å². The van der Waals surface area contributed by atoms with Gasteiger partial charge in [0.05, 0.1) is 6.10 Å². The van der Waals surface area contributed by atoms with Gasteiger partial charge in [0.2, 0.25) is 0 Å². The Balaban J connectivity index is 0.00000256. The molecule has 9 atom stereocenters. The van der Waals surface area contributed by atoms with Gasteiger partial charge in [0, 0.05) is 12.8 Å². The molecule has 0 aromatic heterocycles. The monoisotopic (exact) mass is 420 g/mol. The molecule has 3 heteroatoms. The first-order chi connectivity index (χ1) is 13.7. The van der Waals surface area contributed by atoms with Crippen molar-refractivity contribution in [3.63, 3.8) is 0 Å². The maximum absolute atomic E-state index is 12.1. The topological polar surface area (TPSA) is 68.8 Å². The Morgan fingerprint density at radius 1 is 1.00 bits per heavy atom. The Kier molecular flexibility index (Phi) is 7.15. The highest BCUT2D eigenvalue weighted by molar-refractivity contribution is 5.79. The third-order valence-corrected chi connectivity index (χ3v) is 10.7. The van der Waals surface area contributed by atoms with E-state index in [1.807, 2.05) is 0 Å². The Bertz CT molecular complexity index is 615. The van der Waals surface area contributed by atoms with Crippen molar-refractivity contribution in [1.29, 1.82) is 0 Å². The summed E-state index contributed by atoms with van der Waals surface area (Å²) in [7, 11) is 0. The van der Waals surface area contributed by atoms with Crippen LogP contribution in [0.3, 0.4) is 0 Å². The van der Waals surface area contributed by atoms with Crippen molar-refractivity contribution in [1.82, 2.24) is 0 Å². The van der Waals surface area contributed by atoms with Crippen molar-refractivity contribution in [2.24, 2.45) is 52.3 Å². The molecular formula is C27H48O3. The molecule has 0 unspecified atom stereocenters. The standard InChI is InChI=1S/C27H46O2.H2O/c1-17(2)7-6-8-18(3)21-9-10-22-25-23(12-14-27(21,22)5)26(4)13-11-20(28)15-19(26)16-24(25)29;/h17-19,21-25,29H,6-16H2,1-5H3;1H2/t18-,19+,21-,22+,23+,24-,25+,26+,27-;/m1./s1. The van der Waals surface area contributed by atoms with E-state index < -0.39 is 0 Å². The zero-order valence-electron chi connectivity index (χ0n) is 20.3. The first kappa shape index (κ1) is 24.2. The Morgan fingerprint density at radius 2 is 1.70 bits per heavy atom. The van der Waals surface area contributed by atoms with Crippen LogP contribution < -0.4 is 0 Å². The van der Waals surface area contributed by atoms with Gasteiger partial charge in [-0.05, 0) is 90.8 Å². The molecule has 30 heavy (non-hydrogen) atoms. The smallest absolute Gasteiger partial charge is 0.133 e. The van der Waals surface area contributed by atoms with E-state index >= 15 is 0 Å². The van der Waals surface area contributed by atoms with Gasteiger partial charge in [-0.15, -0.1) is 0 Å². The number of aliphatic hydroxyl groups excluding tert-OH is 1. The number of carbonyl (C=O) groups is 1. The average molecular weight is 421 g/mol. The largest absolute Gasteiger partial charge is 0.412 e. The van der Waals surface area contributed by atoms with E-state index in [0.29, 0.717) is 40.3 Å². The highest BCUT2D eigenvalue weighted by Gasteiger charge is 2.62. The summed E-state index contributed by atoms with van der Waals surface area (Å²) in [6, 6.07) is 0. The molecule has 0 bridgehead atoms. The van der Waals surface area contributed by atoms with E-state index in [4.69, 9.17) is 0 Å². The maximum atomic E-state index is 12.1. The number of rotatable bonds is 5. The van der Waals surface area contributed by atoms with E-state index in [0.717, 1.165) is 43.4 Å². The number of aliphatic hydroxyl groups is 1. The summed E-state index contributed by atoms with van der Waals surface area (Å²) in [6.07, 6.45) is 12.7. The first-order valence-electron chi connectivity index (χ1n) is 12.9. The lowest BCUT2D eigenvalue weighted by Gasteiger charge is -2.62. The van der Waals surface area contributed by atoms with E-state index in [-0.39, 0.29) is 11.6 Å². The van der Waals surface area contributed by atoms with Gasteiger partial charge in [-0.1, -0.05) is 53.9 Å². The molecule has 0 spiro atoms. The average Bonchev–Trinajstić information content (AvgIpc) is 3.00. The van der Waals surface area contributed by atoms with Crippen molar-refractivity contribution >= 4 is 5.78 Å². The van der Waals surface area contributed by atoms with Gasteiger partial charge in [0.25, 0.3) is 0 Å². The summed E-state index contributed by atoms with van der Waals surface area (Å²) in [5, 5.41) is 11.3. The maximum Gasteiger partial charge on any atom is 0.133 e. The molecule has 4 aliphatic carbocycles. The molecule has 4 rings (SSSR count). The number of Topliss-reactive ketones (excluding diaryl/α,β-unsaturated/α-hetero) is 1. The second-order valence-electron chi connectivity index (χ2n) is 12.6. The van der Waals surface area contributed by atoms with Crippen LogP contribution in [-0.4, -0.2) is 22.5 Å². The third-order valence-electron chi connectivity index (χ3n) is 10.7. The second-order valence-corrected chi connectivity index (χ2v) is 12.6. The molecule has 4 saturated carbocycles. The molecule has 0 aromatic rings. The number of ketones is 1. The van der Waals surface area contributed by atoms with Crippen molar-refractivity contribution in [2.45, 2.75) is 111 Å². The summed E-state index contributed by atoms with van der Waals surface area (Å²) in [4.78, 5) is 12.1. The van der Waals surface area contributed by atoms with Gasteiger partial charge >= 0.3 is 0 Å². The Morgan fingerprint density at radius 3 is 2.40 bits per heavy atom. The second kappa shape index (κ2) is 8.85. The van der Waals surface area contributed by atoms with E-state index in [1.165, 1.54) is 44.9 Å². The van der Waals surface area contributed by atoms with Gasteiger partial charge in [0.1, 0.15) is 5.78 Å². The van der Waals surface area contributed by atoms with E-state index in [1.54, 1.807) is 0 Å². The van der Waals surface area contributed by atoms with Crippen LogP contribution in [-0.2, 0) is 4.79 Å². The summed E-state index contributed by atoms with van der Waals surface area (Å²) < 4.78 is 0. The summed E-state index contributed by atoms with van der Waals surface area (Å²) in [6.45, 7) is 12.3. The molecule has 0 heterocycles. The fourth-order valence-electron chi connectivity index (χ4n) is 9.04. The van der Waals surface area contributed by atoms with E-state index in [9.17, 15) is 9.90 Å².